The fourth-order valence-electron chi connectivity index (χ4n) is 1.50. The molecule has 1 aromatic carbocycles. The van der Waals surface area contributed by atoms with E-state index in [2.05, 4.69) is 12.0 Å². The number of nitrogen functional groups attached to an aromatic ring is 1. The zero-order chi connectivity index (χ0) is 12.3. The summed E-state index contributed by atoms with van der Waals surface area (Å²) < 4.78 is 7.22. The Morgan fingerprint density at radius 2 is 2.29 bits per heavy atom. The maximum absolute atomic E-state index is 6.03. The molecule has 2 N–H and O–H groups in total. The van der Waals surface area contributed by atoms with E-state index in [0.717, 1.165) is 22.8 Å². The van der Waals surface area contributed by atoms with Gasteiger partial charge in [0.2, 0.25) is 0 Å². The Morgan fingerprint density at radius 3 is 2.94 bits per heavy atom. The zero-order valence-electron chi connectivity index (χ0n) is 9.56. The Balaban J connectivity index is 2.04. The number of nitrogens with two attached hydrogens (primary N) is 1. The summed E-state index contributed by atoms with van der Waals surface area (Å²) in [6, 6.07) is 5.62. The van der Waals surface area contributed by atoms with Gasteiger partial charge >= 0.3 is 0 Å². The van der Waals surface area contributed by atoms with Crippen LogP contribution in [0.3, 0.4) is 0 Å². The minimum atomic E-state index is 0.335. The molecule has 0 bridgehead atoms. The van der Waals surface area contributed by atoms with E-state index in [4.69, 9.17) is 22.1 Å². The van der Waals surface area contributed by atoms with Crippen LogP contribution >= 0.6 is 11.6 Å². The summed E-state index contributed by atoms with van der Waals surface area (Å²) >= 11 is 6.03. The maximum Gasteiger partial charge on any atom is 0.180 e. The van der Waals surface area contributed by atoms with Crippen molar-refractivity contribution in [1.82, 2.24) is 9.78 Å². The molecule has 5 heteroatoms. The molecule has 17 heavy (non-hydrogen) atoms. The van der Waals surface area contributed by atoms with E-state index < -0.39 is 0 Å². The first-order valence-electron chi connectivity index (χ1n) is 5.38. The second kappa shape index (κ2) is 5.10. The second-order valence-electron chi connectivity index (χ2n) is 3.69. The van der Waals surface area contributed by atoms with Crippen molar-refractivity contribution >= 4 is 17.3 Å². The zero-order valence-corrected chi connectivity index (χ0v) is 10.3. The van der Waals surface area contributed by atoms with E-state index >= 15 is 0 Å². The molecule has 90 valence electrons. The van der Waals surface area contributed by atoms with E-state index in [0.29, 0.717) is 12.4 Å². The minimum Gasteiger partial charge on any atom is -0.471 e. The van der Waals surface area contributed by atoms with Gasteiger partial charge in [-0.2, -0.15) is 5.10 Å². The standard InChI is InChI=1S/C12H14ClN3O/c1-2-9-5-11(3-4-12(9)13)17-8-16-7-10(14)6-15-16/h3-7H,2,8,14H2,1H3. The normalized spacial score (nSPS) is 10.5. The predicted octanol–water partition coefficient (Wildman–Crippen LogP) is 2.72. The van der Waals surface area contributed by atoms with Gasteiger partial charge in [-0.25, -0.2) is 4.68 Å². The first-order chi connectivity index (χ1) is 8.19. The molecule has 0 atom stereocenters. The molecular formula is C12H14ClN3O. The van der Waals surface area contributed by atoms with Crippen LogP contribution in [0, 0.1) is 0 Å². The van der Waals surface area contributed by atoms with E-state index in [1.54, 1.807) is 17.1 Å². The number of benzene rings is 1. The average Bonchev–Trinajstić information content (AvgIpc) is 2.74. The fraction of sp³-hybridized carbons (Fsp3) is 0.250. The van der Waals surface area contributed by atoms with Gasteiger partial charge in [0, 0.05) is 5.02 Å². The third-order valence-corrected chi connectivity index (χ3v) is 2.78. The Labute approximate surface area is 105 Å². The number of aryl methyl sites for hydroxylation is 1. The van der Waals surface area contributed by atoms with Gasteiger partial charge < -0.3 is 10.5 Å². The lowest BCUT2D eigenvalue weighted by molar-refractivity contribution is 0.221. The Bertz CT molecular complexity index is 510. The van der Waals surface area contributed by atoms with Crippen molar-refractivity contribution in [1.29, 1.82) is 0 Å². The highest BCUT2D eigenvalue weighted by Gasteiger charge is 2.01. The van der Waals surface area contributed by atoms with E-state index in [1.807, 2.05) is 18.2 Å². The molecule has 0 aliphatic rings. The number of ether oxygens (including phenoxy) is 1. The Hall–Kier alpha value is -1.68. The summed E-state index contributed by atoms with van der Waals surface area (Å²) in [6.45, 7) is 2.39. The summed E-state index contributed by atoms with van der Waals surface area (Å²) in [5.74, 6) is 0.778. The van der Waals surface area contributed by atoms with Crippen LogP contribution < -0.4 is 10.5 Å². The Kier molecular flexibility index (Phi) is 3.54. The van der Waals surface area contributed by atoms with Gasteiger partial charge in [0.15, 0.2) is 6.73 Å². The number of aromatic nitrogens is 2. The quantitative estimate of drug-likeness (QED) is 0.909. The third kappa shape index (κ3) is 2.91. The lowest BCUT2D eigenvalue weighted by Gasteiger charge is -2.08. The van der Waals surface area contributed by atoms with Crippen LogP contribution in [0.5, 0.6) is 5.75 Å². The van der Waals surface area contributed by atoms with Crippen LogP contribution in [-0.2, 0) is 13.2 Å². The van der Waals surface area contributed by atoms with Gasteiger partial charge in [-0.15, -0.1) is 0 Å². The monoisotopic (exact) mass is 251 g/mol. The summed E-state index contributed by atoms with van der Waals surface area (Å²) in [5, 5.41) is 4.80. The largest absolute Gasteiger partial charge is 0.471 e. The molecule has 2 aromatic rings. The van der Waals surface area contributed by atoms with E-state index in [9.17, 15) is 0 Å². The summed E-state index contributed by atoms with van der Waals surface area (Å²) in [7, 11) is 0. The Morgan fingerprint density at radius 1 is 1.47 bits per heavy atom. The molecule has 0 saturated carbocycles. The first-order valence-corrected chi connectivity index (χ1v) is 5.76. The fourth-order valence-corrected chi connectivity index (χ4v) is 1.75. The van der Waals surface area contributed by atoms with Gasteiger partial charge in [-0.05, 0) is 30.2 Å². The summed E-state index contributed by atoms with van der Waals surface area (Å²) in [6.07, 6.45) is 4.18. The lowest BCUT2D eigenvalue weighted by Crippen LogP contribution is -2.05. The van der Waals surface area contributed by atoms with Crippen LogP contribution in [0.4, 0.5) is 5.69 Å². The van der Waals surface area contributed by atoms with Crippen molar-refractivity contribution in [3.63, 3.8) is 0 Å². The highest BCUT2D eigenvalue weighted by atomic mass is 35.5. The molecule has 0 spiro atoms. The molecule has 0 amide bonds. The highest BCUT2D eigenvalue weighted by Crippen LogP contribution is 2.22. The van der Waals surface area contributed by atoms with Crippen molar-refractivity contribution in [3.05, 3.63) is 41.2 Å². The molecular weight excluding hydrogens is 238 g/mol. The molecule has 0 fully saturated rings. The summed E-state index contributed by atoms with van der Waals surface area (Å²) in [4.78, 5) is 0. The van der Waals surface area contributed by atoms with Gasteiger partial charge in [0.1, 0.15) is 5.75 Å². The number of halogens is 1. The van der Waals surface area contributed by atoms with Gasteiger partial charge in [-0.3, -0.25) is 0 Å². The van der Waals surface area contributed by atoms with Crippen molar-refractivity contribution < 1.29 is 4.74 Å². The van der Waals surface area contributed by atoms with E-state index in [1.165, 1.54) is 0 Å². The first kappa shape index (κ1) is 11.8. The number of hydrogen-bond donors (Lipinski definition) is 1. The molecule has 1 heterocycles. The third-order valence-electron chi connectivity index (χ3n) is 2.41. The lowest BCUT2D eigenvalue weighted by atomic mass is 10.2. The van der Waals surface area contributed by atoms with Crippen LogP contribution in [0.1, 0.15) is 12.5 Å². The van der Waals surface area contributed by atoms with Crippen LogP contribution in [-0.4, -0.2) is 9.78 Å². The molecule has 2 rings (SSSR count). The number of anilines is 1. The number of nitrogens with zero attached hydrogens (tertiary/aromatic N) is 2. The van der Waals surface area contributed by atoms with Crippen molar-refractivity contribution in [2.75, 3.05) is 5.73 Å². The molecule has 0 unspecified atom stereocenters. The number of rotatable bonds is 4. The van der Waals surface area contributed by atoms with Gasteiger partial charge in [0.05, 0.1) is 18.1 Å². The number of hydrogen-bond acceptors (Lipinski definition) is 3. The molecule has 0 aliphatic carbocycles. The molecule has 1 aromatic heterocycles. The SMILES string of the molecule is CCc1cc(OCn2cc(N)cn2)ccc1Cl. The smallest absolute Gasteiger partial charge is 0.180 e. The molecule has 0 radical (unpaired) electrons. The molecule has 0 saturated heterocycles. The second-order valence-corrected chi connectivity index (χ2v) is 4.10. The van der Waals surface area contributed by atoms with Crippen LogP contribution in [0.15, 0.2) is 30.6 Å². The topological polar surface area (TPSA) is 53.1 Å². The van der Waals surface area contributed by atoms with Crippen molar-refractivity contribution in [2.24, 2.45) is 0 Å². The van der Waals surface area contributed by atoms with E-state index in [-0.39, 0.29) is 0 Å². The van der Waals surface area contributed by atoms with Gasteiger partial charge in [0.25, 0.3) is 0 Å². The average molecular weight is 252 g/mol. The molecule has 0 aliphatic heterocycles. The van der Waals surface area contributed by atoms with Gasteiger partial charge in [-0.1, -0.05) is 18.5 Å². The highest BCUT2D eigenvalue weighted by molar-refractivity contribution is 6.31. The maximum atomic E-state index is 6.03. The van der Waals surface area contributed by atoms with Crippen LogP contribution in [0.2, 0.25) is 5.02 Å². The van der Waals surface area contributed by atoms with Crippen molar-refractivity contribution in [3.8, 4) is 5.75 Å². The van der Waals surface area contributed by atoms with Crippen LogP contribution in [0.25, 0.3) is 0 Å². The van der Waals surface area contributed by atoms with Crippen molar-refractivity contribution in [2.45, 2.75) is 20.1 Å². The predicted molar refractivity (Wildman–Crippen MR) is 68.1 cm³/mol. The summed E-state index contributed by atoms with van der Waals surface area (Å²) in [5.41, 5.74) is 7.25. The molecule has 4 nitrogen and oxygen atoms in total. The minimum absolute atomic E-state index is 0.335.